The standard InChI is InChI=1S/C16H18BrNOS/c1-11-2-3-12(17)8-16(11)19-10-15-7-6-14(20-15)9-18-13-4-5-13/h2-3,6-8,13,18H,4-5,9-10H2,1H3. The molecule has 3 rings (SSSR count). The number of nitrogens with one attached hydrogen (secondary N) is 1. The Balaban J connectivity index is 1.55. The van der Waals surface area contributed by atoms with Gasteiger partial charge in [-0.25, -0.2) is 0 Å². The average Bonchev–Trinajstić information content (AvgIpc) is 3.16. The summed E-state index contributed by atoms with van der Waals surface area (Å²) < 4.78 is 6.97. The van der Waals surface area contributed by atoms with E-state index in [1.54, 1.807) is 0 Å². The molecule has 1 heterocycles. The molecule has 0 atom stereocenters. The summed E-state index contributed by atoms with van der Waals surface area (Å²) in [6, 6.07) is 11.3. The Hall–Kier alpha value is -0.840. The molecule has 0 bridgehead atoms. The van der Waals surface area contributed by atoms with Crippen LogP contribution in [-0.2, 0) is 13.2 Å². The molecule has 1 fully saturated rings. The lowest BCUT2D eigenvalue weighted by atomic mass is 10.2. The van der Waals surface area contributed by atoms with Crippen LogP contribution >= 0.6 is 27.3 Å². The van der Waals surface area contributed by atoms with Gasteiger partial charge in [-0.2, -0.15) is 0 Å². The van der Waals surface area contributed by atoms with Crippen LogP contribution in [0.25, 0.3) is 0 Å². The van der Waals surface area contributed by atoms with Gasteiger partial charge in [0.2, 0.25) is 0 Å². The molecule has 1 aliphatic rings. The van der Waals surface area contributed by atoms with Gasteiger partial charge >= 0.3 is 0 Å². The largest absolute Gasteiger partial charge is 0.488 e. The van der Waals surface area contributed by atoms with Gasteiger partial charge in [-0.3, -0.25) is 0 Å². The zero-order chi connectivity index (χ0) is 13.9. The van der Waals surface area contributed by atoms with E-state index in [9.17, 15) is 0 Å². The lowest BCUT2D eigenvalue weighted by Gasteiger charge is -2.08. The first-order valence-corrected chi connectivity index (χ1v) is 8.51. The predicted octanol–water partition coefficient (Wildman–Crippen LogP) is 4.65. The third kappa shape index (κ3) is 3.84. The minimum absolute atomic E-state index is 0.644. The van der Waals surface area contributed by atoms with Crippen LogP contribution < -0.4 is 10.1 Å². The average molecular weight is 352 g/mol. The lowest BCUT2D eigenvalue weighted by Crippen LogP contribution is -2.14. The van der Waals surface area contributed by atoms with E-state index in [4.69, 9.17) is 4.74 Å². The van der Waals surface area contributed by atoms with Gasteiger partial charge in [0, 0.05) is 26.8 Å². The molecule has 20 heavy (non-hydrogen) atoms. The van der Waals surface area contributed by atoms with E-state index in [0.29, 0.717) is 6.61 Å². The summed E-state index contributed by atoms with van der Waals surface area (Å²) in [5.74, 6) is 0.949. The Morgan fingerprint density at radius 1 is 1.25 bits per heavy atom. The van der Waals surface area contributed by atoms with Crippen LogP contribution in [0.4, 0.5) is 0 Å². The van der Waals surface area contributed by atoms with Crippen LogP contribution in [0, 0.1) is 6.92 Å². The number of ether oxygens (including phenoxy) is 1. The van der Waals surface area contributed by atoms with E-state index in [1.807, 2.05) is 23.5 Å². The molecule has 0 aliphatic heterocycles. The second-order valence-corrected chi connectivity index (χ2v) is 7.39. The van der Waals surface area contributed by atoms with E-state index in [1.165, 1.54) is 28.2 Å². The van der Waals surface area contributed by atoms with E-state index >= 15 is 0 Å². The SMILES string of the molecule is Cc1ccc(Br)cc1OCc1ccc(CNC2CC2)s1. The zero-order valence-electron chi connectivity index (χ0n) is 11.5. The molecule has 2 nitrogen and oxygen atoms in total. The first kappa shape index (κ1) is 14.1. The van der Waals surface area contributed by atoms with E-state index in [0.717, 1.165) is 22.8 Å². The molecular weight excluding hydrogens is 334 g/mol. The summed E-state index contributed by atoms with van der Waals surface area (Å²) in [5.41, 5.74) is 1.17. The Kier molecular flexibility index (Phi) is 4.44. The maximum absolute atomic E-state index is 5.91. The Labute approximate surface area is 132 Å². The minimum atomic E-state index is 0.644. The van der Waals surface area contributed by atoms with Crippen LogP contribution in [0.5, 0.6) is 5.75 Å². The first-order valence-electron chi connectivity index (χ1n) is 6.90. The summed E-state index contributed by atoms with van der Waals surface area (Å²) in [6.45, 7) is 3.71. The number of aryl methyl sites for hydroxylation is 1. The van der Waals surface area contributed by atoms with Gasteiger partial charge in [0.25, 0.3) is 0 Å². The molecule has 0 radical (unpaired) electrons. The zero-order valence-corrected chi connectivity index (χ0v) is 13.9. The molecular formula is C16H18BrNOS. The van der Waals surface area contributed by atoms with Gasteiger partial charge in [-0.05, 0) is 49.6 Å². The number of hydrogen-bond acceptors (Lipinski definition) is 3. The minimum Gasteiger partial charge on any atom is -0.488 e. The quantitative estimate of drug-likeness (QED) is 0.817. The van der Waals surface area contributed by atoms with Crippen molar-refractivity contribution < 1.29 is 4.74 Å². The van der Waals surface area contributed by atoms with Crippen LogP contribution in [-0.4, -0.2) is 6.04 Å². The molecule has 0 saturated heterocycles. The van der Waals surface area contributed by atoms with Gasteiger partial charge < -0.3 is 10.1 Å². The number of thiophene rings is 1. The normalized spacial score (nSPS) is 14.5. The van der Waals surface area contributed by atoms with E-state index < -0.39 is 0 Å². The molecule has 1 N–H and O–H groups in total. The van der Waals surface area contributed by atoms with Crippen molar-refractivity contribution in [1.82, 2.24) is 5.32 Å². The van der Waals surface area contributed by atoms with Crippen LogP contribution in [0.15, 0.2) is 34.8 Å². The van der Waals surface area contributed by atoms with Gasteiger partial charge in [0.1, 0.15) is 12.4 Å². The van der Waals surface area contributed by atoms with Crippen molar-refractivity contribution >= 4 is 27.3 Å². The van der Waals surface area contributed by atoms with Crippen molar-refractivity contribution in [2.45, 2.75) is 39.0 Å². The molecule has 0 amide bonds. The third-order valence-electron chi connectivity index (χ3n) is 3.38. The predicted molar refractivity (Wildman–Crippen MR) is 87.4 cm³/mol. The third-order valence-corrected chi connectivity index (χ3v) is 4.93. The molecule has 1 saturated carbocycles. The Morgan fingerprint density at radius 3 is 2.85 bits per heavy atom. The first-order chi connectivity index (χ1) is 9.70. The van der Waals surface area contributed by atoms with Gasteiger partial charge in [-0.15, -0.1) is 11.3 Å². The molecule has 2 aromatic rings. The Bertz CT molecular complexity index is 592. The van der Waals surface area contributed by atoms with Crippen LogP contribution in [0.1, 0.15) is 28.2 Å². The topological polar surface area (TPSA) is 21.3 Å². The highest BCUT2D eigenvalue weighted by molar-refractivity contribution is 9.10. The van der Waals surface area contributed by atoms with Crippen molar-refractivity contribution in [3.8, 4) is 5.75 Å². The summed E-state index contributed by atoms with van der Waals surface area (Å²) >= 11 is 5.31. The van der Waals surface area contributed by atoms with Gasteiger partial charge in [0.15, 0.2) is 0 Å². The van der Waals surface area contributed by atoms with Gasteiger partial charge in [-0.1, -0.05) is 22.0 Å². The molecule has 1 aliphatic carbocycles. The maximum Gasteiger partial charge on any atom is 0.123 e. The van der Waals surface area contributed by atoms with Crippen molar-refractivity contribution in [3.05, 3.63) is 50.1 Å². The Morgan fingerprint density at radius 2 is 2.05 bits per heavy atom. The fourth-order valence-corrected chi connectivity index (χ4v) is 3.23. The molecule has 0 spiro atoms. The highest BCUT2D eigenvalue weighted by Crippen LogP contribution is 2.26. The van der Waals surface area contributed by atoms with Crippen molar-refractivity contribution in [1.29, 1.82) is 0 Å². The number of benzene rings is 1. The number of rotatable bonds is 6. The highest BCUT2D eigenvalue weighted by Gasteiger charge is 2.20. The van der Waals surface area contributed by atoms with Gasteiger partial charge in [0.05, 0.1) is 0 Å². The molecule has 1 aromatic heterocycles. The van der Waals surface area contributed by atoms with E-state index in [-0.39, 0.29) is 0 Å². The molecule has 1 aromatic carbocycles. The molecule has 0 unspecified atom stereocenters. The second kappa shape index (κ2) is 6.29. The fraction of sp³-hybridized carbons (Fsp3) is 0.375. The summed E-state index contributed by atoms with van der Waals surface area (Å²) in [6.07, 6.45) is 2.67. The van der Waals surface area contributed by atoms with E-state index in [2.05, 4.69) is 46.4 Å². The summed E-state index contributed by atoms with van der Waals surface area (Å²) in [5, 5.41) is 3.54. The molecule has 4 heteroatoms. The maximum atomic E-state index is 5.91. The van der Waals surface area contributed by atoms with Crippen molar-refractivity contribution in [3.63, 3.8) is 0 Å². The second-order valence-electron chi connectivity index (χ2n) is 5.22. The molecule has 106 valence electrons. The summed E-state index contributed by atoms with van der Waals surface area (Å²) in [4.78, 5) is 2.67. The fourth-order valence-electron chi connectivity index (χ4n) is 2.01. The lowest BCUT2D eigenvalue weighted by molar-refractivity contribution is 0.307. The summed E-state index contributed by atoms with van der Waals surface area (Å²) in [7, 11) is 0. The number of halogens is 1. The monoisotopic (exact) mass is 351 g/mol. The highest BCUT2D eigenvalue weighted by atomic mass is 79.9. The number of hydrogen-bond donors (Lipinski definition) is 1. The van der Waals surface area contributed by atoms with Crippen molar-refractivity contribution in [2.75, 3.05) is 0 Å². The van der Waals surface area contributed by atoms with Crippen LogP contribution in [0.3, 0.4) is 0 Å². The van der Waals surface area contributed by atoms with Crippen LogP contribution in [0.2, 0.25) is 0 Å². The smallest absolute Gasteiger partial charge is 0.123 e. The van der Waals surface area contributed by atoms with Crippen molar-refractivity contribution in [2.24, 2.45) is 0 Å².